The summed E-state index contributed by atoms with van der Waals surface area (Å²) in [4.78, 5) is 8.17. The lowest BCUT2D eigenvalue weighted by Crippen LogP contribution is -2.59. The van der Waals surface area contributed by atoms with Crippen LogP contribution < -0.4 is 10.1 Å². The zero-order chi connectivity index (χ0) is 20.0. The van der Waals surface area contributed by atoms with Gasteiger partial charge in [-0.15, -0.1) is 5.10 Å². The summed E-state index contributed by atoms with van der Waals surface area (Å²) in [6.07, 6.45) is 7.16. The van der Waals surface area contributed by atoms with Gasteiger partial charge in [0.1, 0.15) is 17.5 Å². The molecule has 2 saturated heterocycles. The Hall–Kier alpha value is -3.07. The molecule has 0 aliphatic carbocycles. The summed E-state index contributed by atoms with van der Waals surface area (Å²) in [5, 5.41) is 21.8. The van der Waals surface area contributed by atoms with Gasteiger partial charge in [0, 0.05) is 36.5 Å². The molecule has 2 N–H and O–H groups in total. The van der Waals surface area contributed by atoms with Gasteiger partial charge in [0.05, 0.1) is 23.8 Å². The quantitative estimate of drug-likeness (QED) is 0.699. The summed E-state index contributed by atoms with van der Waals surface area (Å²) in [5.74, 6) is 0.0487. The van der Waals surface area contributed by atoms with E-state index in [1.54, 1.807) is 35.4 Å². The van der Waals surface area contributed by atoms with Crippen LogP contribution in [0.1, 0.15) is 26.2 Å². The fraction of sp³-hybridized carbons (Fsp3) is 0.400. The van der Waals surface area contributed by atoms with Crippen molar-refractivity contribution in [3.63, 3.8) is 0 Å². The minimum Gasteiger partial charge on any atom is -0.507 e. The molecular weight excluding hydrogens is 375 g/mol. The molecule has 2 fully saturated rings. The third-order valence-electron chi connectivity index (χ3n) is 5.86. The maximum Gasteiger partial charge on any atom is 0.336 e. The first-order chi connectivity index (χ1) is 14.0. The summed E-state index contributed by atoms with van der Waals surface area (Å²) in [6, 6.07) is 5.49. The first-order valence-corrected chi connectivity index (χ1v) is 9.62. The van der Waals surface area contributed by atoms with Crippen LogP contribution in [0.3, 0.4) is 0 Å². The Morgan fingerprint density at radius 3 is 2.97 bits per heavy atom. The third kappa shape index (κ3) is 3.21. The SMILES string of the molecule is C[C@]12CC[C@H](C[C@@H](Oc3ncc(-c4ccc(-n5ccnc5)cc4O)nn3)[C@H]1F)N2. The number of rotatable bonds is 4. The highest BCUT2D eigenvalue weighted by Crippen LogP contribution is 2.38. The Balaban J connectivity index is 1.33. The topological polar surface area (TPSA) is 98.0 Å². The van der Waals surface area contributed by atoms with Crippen LogP contribution in [0.25, 0.3) is 16.9 Å². The lowest BCUT2D eigenvalue weighted by Gasteiger charge is -2.39. The molecule has 2 bridgehead atoms. The van der Waals surface area contributed by atoms with Crippen LogP contribution in [0.4, 0.5) is 4.39 Å². The molecule has 4 heterocycles. The van der Waals surface area contributed by atoms with Crippen molar-refractivity contribution in [2.75, 3.05) is 0 Å². The number of hydrogen-bond donors (Lipinski definition) is 2. The minimum atomic E-state index is -1.13. The Labute approximate surface area is 166 Å². The Morgan fingerprint density at radius 1 is 1.34 bits per heavy atom. The van der Waals surface area contributed by atoms with Crippen LogP contribution in [0.15, 0.2) is 43.1 Å². The lowest BCUT2D eigenvalue weighted by molar-refractivity contribution is 0.00542. The first kappa shape index (κ1) is 18.0. The van der Waals surface area contributed by atoms with E-state index in [0.29, 0.717) is 17.7 Å². The van der Waals surface area contributed by atoms with Crippen LogP contribution in [-0.4, -0.2) is 53.7 Å². The molecule has 150 valence electrons. The average Bonchev–Trinajstić information content (AvgIpc) is 3.36. The lowest BCUT2D eigenvalue weighted by atomic mass is 9.88. The standard InChI is InChI=1S/C20H21FN6O2/c1-20-5-4-12(24-20)8-17(18(20)21)29-19-23-10-15(25-26-19)14-3-2-13(9-16(14)28)27-7-6-22-11-27/h2-3,6-7,9-12,17-18,24,28H,4-5,8H2,1H3/t12-,17-,18-,20+/m1/s1. The number of alkyl halides is 1. The van der Waals surface area contributed by atoms with E-state index in [2.05, 4.69) is 25.5 Å². The molecule has 2 aromatic heterocycles. The van der Waals surface area contributed by atoms with E-state index in [1.807, 2.05) is 13.0 Å². The molecule has 8 nitrogen and oxygen atoms in total. The summed E-state index contributed by atoms with van der Waals surface area (Å²) >= 11 is 0. The average molecular weight is 396 g/mol. The smallest absolute Gasteiger partial charge is 0.336 e. The molecule has 5 rings (SSSR count). The summed E-state index contributed by atoms with van der Waals surface area (Å²) in [5.41, 5.74) is 1.12. The van der Waals surface area contributed by atoms with Crippen LogP contribution in [-0.2, 0) is 0 Å². The van der Waals surface area contributed by atoms with Crippen molar-refractivity contribution in [1.29, 1.82) is 0 Å². The van der Waals surface area contributed by atoms with Crippen molar-refractivity contribution in [1.82, 2.24) is 30.0 Å². The normalized spacial score (nSPS) is 28.4. The van der Waals surface area contributed by atoms with E-state index >= 15 is 0 Å². The molecule has 2 aliphatic heterocycles. The monoisotopic (exact) mass is 396 g/mol. The van der Waals surface area contributed by atoms with Crippen LogP contribution in [0.2, 0.25) is 0 Å². The number of phenolic OH excluding ortho intramolecular Hbond substituents is 1. The van der Waals surface area contributed by atoms with Gasteiger partial charge < -0.3 is 19.7 Å². The zero-order valence-electron chi connectivity index (χ0n) is 15.9. The van der Waals surface area contributed by atoms with E-state index in [1.165, 1.54) is 6.20 Å². The second kappa shape index (κ2) is 6.77. The summed E-state index contributed by atoms with van der Waals surface area (Å²) in [6.45, 7) is 1.89. The van der Waals surface area contributed by atoms with Gasteiger partial charge in [-0.1, -0.05) is 5.10 Å². The molecule has 1 aromatic carbocycles. The Morgan fingerprint density at radius 2 is 2.24 bits per heavy atom. The Kier molecular flexibility index (Phi) is 4.20. The van der Waals surface area contributed by atoms with Crippen molar-refractivity contribution in [2.24, 2.45) is 0 Å². The predicted octanol–water partition coefficient (Wildman–Crippen LogP) is 2.43. The molecule has 0 amide bonds. The van der Waals surface area contributed by atoms with E-state index < -0.39 is 17.8 Å². The molecule has 3 aromatic rings. The predicted molar refractivity (Wildman–Crippen MR) is 103 cm³/mol. The fourth-order valence-electron chi connectivity index (χ4n) is 4.28. The zero-order valence-corrected chi connectivity index (χ0v) is 15.9. The van der Waals surface area contributed by atoms with Crippen molar-refractivity contribution in [3.05, 3.63) is 43.1 Å². The molecule has 0 unspecified atom stereocenters. The number of imidazole rings is 1. The Bertz CT molecular complexity index is 1010. The summed E-state index contributed by atoms with van der Waals surface area (Å²) < 4.78 is 22.4. The largest absolute Gasteiger partial charge is 0.507 e. The highest BCUT2D eigenvalue weighted by atomic mass is 19.1. The number of ether oxygens (including phenoxy) is 1. The van der Waals surface area contributed by atoms with Crippen molar-refractivity contribution in [3.8, 4) is 28.7 Å². The molecule has 0 spiro atoms. The van der Waals surface area contributed by atoms with Gasteiger partial charge in [0.2, 0.25) is 0 Å². The summed E-state index contributed by atoms with van der Waals surface area (Å²) in [7, 11) is 0. The first-order valence-electron chi connectivity index (χ1n) is 9.62. The van der Waals surface area contributed by atoms with Gasteiger partial charge in [-0.05, 0) is 31.9 Å². The van der Waals surface area contributed by atoms with Crippen LogP contribution in [0.5, 0.6) is 11.8 Å². The number of aromatic hydroxyl groups is 1. The highest BCUT2D eigenvalue weighted by molar-refractivity contribution is 5.67. The van der Waals surface area contributed by atoms with Crippen molar-refractivity contribution < 1.29 is 14.2 Å². The maximum atomic E-state index is 14.9. The minimum absolute atomic E-state index is 0.0424. The fourth-order valence-corrected chi connectivity index (χ4v) is 4.28. The van der Waals surface area contributed by atoms with E-state index in [-0.39, 0.29) is 17.8 Å². The second-order valence-electron chi connectivity index (χ2n) is 7.89. The van der Waals surface area contributed by atoms with Gasteiger partial charge in [-0.2, -0.15) is 0 Å². The van der Waals surface area contributed by atoms with Gasteiger partial charge in [0.15, 0.2) is 6.17 Å². The molecule has 2 aliphatic rings. The van der Waals surface area contributed by atoms with Gasteiger partial charge in [0.25, 0.3) is 0 Å². The van der Waals surface area contributed by atoms with E-state index in [4.69, 9.17) is 4.74 Å². The molecule has 29 heavy (non-hydrogen) atoms. The van der Waals surface area contributed by atoms with Crippen molar-refractivity contribution in [2.45, 2.75) is 50.0 Å². The third-order valence-corrected chi connectivity index (χ3v) is 5.86. The van der Waals surface area contributed by atoms with Crippen LogP contribution in [0, 0.1) is 0 Å². The number of fused-ring (bicyclic) bond motifs is 2. The van der Waals surface area contributed by atoms with Crippen molar-refractivity contribution >= 4 is 0 Å². The number of nitrogens with zero attached hydrogens (tertiary/aromatic N) is 5. The number of nitrogens with one attached hydrogen (secondary N) is 1. The highest BCUT2D eigenvalue weighted by Gasteiger charge is 2.51. The van der Waals surface area contributed by atoms with Gasteiger partial charge >= 0.3 is 6.01 Å². The van der Waals surface area contributed by atoms with Gasteiger partial charge in [-0.3, -0.25) is 0 Å². The molecule has 4 atom stereocenters. The number of halogens is 1. The van der Waals surface area contributed by atoms with E-state index in [9.17, 15) is 9.50 Å². The molecule has 0 saturated carbocycles. The molecule has 0 radical (unpaired) electrons. The second-order valence-corrected chi connectivity index (χ2v) is 7.89. The maximum absolute atomic E-state index is 14.9. The van der Waals surface area contributed by atoms with Gasteiger partial charge in [-0.25, -0.2) is 14.4 Å². The van der Waals surface area contributed by atoms with Crippen LogP contribution >= 0.6 is 0 Å². The number of phenols is 1. The number of aromatic nitrogens is 5. The molecular formula is C20H21FN6O2. The number of hydrogen-bond acceptors (Lipinski definition) is 7. The number of piperidine rings is 1. The number of benzene rings is 1. The molecule has 9 heteroatoms. The van der Waals surface area contributed by atoms with E-state index in [0.717, 1.165) is 18.5 Å².